The molecule has 1 saturated heterocycles. The Morgan fingerprint density at radius 2 is 2.05 bits per heavy atom. The molecule has 1 fully saturated rings. The van der Waals surface area contributed by atoms with Crippen molar-refractivity contribution in [2.45, 2.75) is 44.2 Å². The molecule has 0 aromatic heterocycles. The number of piperidine rings is 1. The summed E-state index contributed by atoms with van der Waals surface area (Å²) in [6.07, 6.45) is 1.71. The molecule has 1 unspecified atom stereocenters. The van der Waals surface area contributed by atoms with E-state index in [1.54, 1.807) is 13.2 Å². The minimum atomic E-state index is -3.49. The standard InChI is InChI=1S/C15H24N2O3S/c1-11-7-12(2)15(8-13(11)9-16)21(18,19)17-6-4-5-14(10-17)20-3/h7-8,14H,4-6,9-10,16H2,1-3H3. The number of rotatable bonds is 4. The third kappa shape index (κ3) is 3.29. The van der Waals surface area contributed by atoms with Crippen molar-refractivity contribution in [1.29, 1.82) is 0 Å². The van der Waals surface area contributed by atoms with Gasteiger partial charge in [0, 0.05) is 26.7 Å². The fourth-order valence-electron chi connectivity index (χ4n) is 2.83. The van der Waals surface area contributed by atoms with E-state index in [1.165, 1.54) is 4.31 Å². The Balaban J connectivity index is 2.39. The van der Waals surface area contributed by atoms with Gasteiger partial charge in [0.25, 0.3) is 0 Å². The molecule has 2 N–H and O–H groups in total. The van der Waals surface area contributed by atoms with Crippen LogP contribution in [0.4, 0.5) is 0 Å². The Morgan fingerprint density at radius 1 is 1.33 bits per heavy atom. The van der Waals surface area contributed by atoms with Crippen molar-refractivity contribution in [1.82, 2.24) is 4.31 Å². The summed E-state index contributed by atoms with van der Waals surface area (Å²) in [5.41, 5.74) is 8.38. The lowest BCUT2D eigenvalue weighted by atomic mass is 10.1. The predicted molar refractivity (Wildman–Crippen MR) is 82.6 cm³/mol. The van der Waals surface area contributed by atoms with E-state index in [2.05, 4.69) is 0 Å². The highest BCUT2D eigenvalue weighted by molar-refractivity contribution is 7.89. The summed E-state index contributed by atoms with van der Waals surface area (Å²) in [6, 6.07) is 3.61. The molecule has 1 aromatic rings. The molecule has 21 heavy (non-hydrogen) atoms. The Hall–Kier alpha value is -0.950. The largest absolute Gasteiger partial charge is 0.380 e. The molecule has 1 aliphatic rings. The normalized spacial score (nSPS) is 20.7. The van der Waals surface area contributed by atoms with Gasteiger partial charge < -0.3 is 10.5 Å². The van der Waals surface area contributed by atoms with Crippen molar-refractivity contribution >= 4 is 10.0 Å². The maximum Gasteiger partial charge on any atom is 0.243 e. The highest BCUT2D eigenvalue weighted by atomic mass is 32.2. The van der Waals surface area contributed by atoms with Crippen LogP contribution in [0.3, 0.4) is 0 Å². The molecule has 2 rings (SSSR count). The minimum absolute atomic E-state index is 0.0201. The Labute approximate surface area is 127 Å². The summed E-state index contributed by atoms with van der Waals surface area (Å²) in [7, 11) is -1.86. The van der Waals surface area contributed by atoms with Gasteiger partial charge in [-0.1, -0.05) is 6.07 Å². The summed E-state index contributed by atoms with van der Waals surface area (Å²) in [5.74, 6) is 0. The monoisotopic (exact) mass is 312 g/mol. The first-order valence-electron chi connectivity index (χ1n) is 7.23. The zero-order chi connectivity index (χ0) is 15.6. The van der Waals surface area contributed by atoms with E-state index in [-0.39, 0.29) is 6.10 Å². The van der Waals surface area contributed by atoms with Gasteiger partial charge in [-0.15, -0.1) is 0 Å². The van der Waals surface area contributed by atoms with Crippen LogP contribution in [0.25, 0.3) is 0 Å². The van der Waals surface area contributed by atoms with E-state index < -0.39 is 10.0 Å². The third-order valence-corrected chi connectivity index (χ3v) is 6.15. The van der Waals surface area contributed by atoms with Gasteiger partial charge in [0.15, 0.2) is 0 Å². The molecule has 0 amide bonds. The van der Waals surface area contributed by atoms with Crippen LogP contribution in [0.1, 0.15) is 29.5 Å². The minimum Gasteiger partial charge on any atom is -0.380 e. The molecule has 0 spiro atoms. The molecule has 0 radical (unpaired) electrons. The second-order valence-corrected chi connectivity index (χ2v) is 7.52. The fourth-order valence-corrected chi connectivity index (χ4v) is 4.59. The van der Waals surface area contributed by atoms with E-state index >= 15 is 0 Å². The van der Waals surface area contributed by atoms with Crippen LogP contribution >= 0.6 is 0 Å². The summed E-state index contributed by atoms with van der Waals surface area (Å²) < 4.78 is 32.6. The van der Waals surface area contributed by atoms with Gasteiger partial charge in [0.2, 0.25) is 10.0 Å². The van der Waals surface area contributed by atoms with Crippen molar-refractivity contribution < 1.29 is 13.2 Å². The van der Waals surface area contributed by atoms with Gasteiger partial charge >= 0.3 is 0 Å². The van der Waals surface area contributed by atoms with Gasteiger partial charge in [-0.25, -0.2) is 8.42 Å². The fraction of sp³-hybridized carbons (Fsp3) is 0.600. The third-order valence-electron chi connectivity index (χ3n) is 4.15. The molecule has 0 bridgehead atoms. The number of nitrogens with two attached hydrogens (primary N) is 1. The Kier molecular flexibility index (Phi) is 5.03. The van der Waals surface area contributed by atoms with Crippen molar-refractivity contribution in [3.8, 4) is 0 Å². The van der Waals surface area contributed by atoms with Crippen LogP contribution in [0.2, 0.25) is 0 Å². The average Bonchev–Trinajstić information content (AvgIpc) is 2.47. The van der Waals surface area contributed by atoms with E-state index in [1.807, 2.05) is 19.9 Å². The number of aryl methyl sites for hydroxylation is 2. The summed E-state index contributed by atoms with van der Waals surface area (Å²) >= 11 is 0. The molecule has 0 aliphatic carbocycles. The number of sulfonamides is 1. The van der Waals surface area contributed by atoms with E-state index in [0.717, 1.165) is 29.5 Å². The number of methoxy groups -OCH3 is 1. The highest BCUT2D eigenvalue weighted by Gasteiger charge is 2.31. The lowest BCUT2D eigenvalue weighted by molar-refractivity contribution is 0.0571. The first-order valence-corrected chi connectivity index (χ1v) is 8.67. The molecular formula is C15H24N2O3S. The number of benzene rings is 1. The number of ether oxygens (including phenoxy) is 1. The second kappa shape index (κ2) is 6.44. The Bertz CT molecular complexity index is 614. The summed E-state index contributed by atoms with van der Waals surface area (Å²) in [6.45, 7) is 5.10. The van der Waals surface area contributed by atoms with Crippen molar-refractivity contribution in [3.63, 3.8) is 0 Å². The van der Waals surface area contributed by atoms with Gasteiger partial charge in [-0.05, 0) is 49.4 Å². The quantitative estimate of drug-likeness (QED) is 0.916. The SMILES string of the molecule is COC1CCCN(S(=O)(=O)c2cc(CN)c(C)cc2C)C1. The van der Waals surface area contributed by atoms with Gasteiger partial charge in [0.1, 0.15) is 0 Å². The molecule has 1 heterocycles. The van der Waals surface area contributed by atoms with Crippen LogP contribution in [0, 0.1) is 13.8 Å². The maximum absolute atomic E-state index is 12.9. The first kappa shape index (κ1) is 16.4. The first-order chi connectivity index (χ1) is 9.90. The smallest absolute Gasteiger partial charge is 0.243 e. The molecule has 1 aliphatic heterocycles. The number of hydrogen-bond acceptors (Lipinski definition) is 4. The van der Waals surface area contributed by atoms with Crippen molar-refractivity contribution in [2.75, 3.05) is 20.2 Å². The summed E-state index contributed by atoms with van der Waals surface area (Å²) in [4.78, 5) is 0.366. The van der Waals surface area contributed by atoms with Gasteiger partial charge in [0.05, 0.1) is 11.0 Å². The predicted octanol–water partition coefficient (Wildman–Crippen LogP) is 1.56. The lowest BCUT2D eigenvalue weighted by Crippen LogP contribution is -2.43. The van der Waals surface area contributed by atoms with Crippen LogP contribution in [-0.2, 0) is 21.3 Å². The van der Waals surface area contributed by atoms with Crippen LogP contribution in [0.15, 0.2) is 17.0 Å². The topological polar surface area (TPSA) is 72.6 Å². The maximum atomic E-state index is 12.9. The molecule has 1 aromatic carbocycles. The van der Waals surface area contributed by atoms with Crippen LogP contribution in [-0.4, -0.2) is 39.0 Å². The second-order valence-electron chi connectivity index (χ2n) is 5.61. The molecule has 1 atom stereocenters. The van der Waals surface area contributed by atoms with Crippen molar-refractivity contribution in [2.24, 2.45) is 5.73 Å². The number of nitrogens with zero attached hydrogens (tertiary/aromatic N) is 1. The highest BCUT2D eigenvalue weighted by Crippen LogP contribution is 2.26. The molecule has 5 nitrogen and oxygen atoms in total. The van der Waals surface area contributed by atoms with E-state index in [4.69, 9.17) is 10.5 Å². The van der Waals surface area contributed by atoms with E-state index in [9.17, 15) is 8.42 Å². The van der Waals surface area contributed by atoms with E-state index in [0.29, 0.717) is 24.5 Å². The molecule has 0 saturated carbocycles. The van der Waals surface area contributed by atoms with Gasteiger partial charge in [-0.2, -0.15) is 4.31 Å². The summed E-state index contributed by atoms with van der Waals surface area (Å²) in [5, 5.41) is 0. The Morgan fingerprint density at radius 3 is 2.67 bits per heavy atom. The zero-order valence-corrected chi connectivity index (χ0v) is 13.7. The molecule has 6 heteroatoms. The number of hydrogen-bond donors (Lipinski definition) is 1. The lowest BCUT2D eigenvalue weighted by Gasteiger charge is -2.31. The zero-order valence-electron chi connectivity index (χ0n) is 12.9. The molecular weight excluding hydrogens is 288 g/mol. The van der Waals surface area contributed by atoms with Crippen LogP contribution in [0.5, 0.6) is 0 Å². The van der Waals surface area contributed by atoms with Crippen LogP contribution < -0.4 is 5.73 Å². The van der Waals surface area contributed by atoms with Crippen molar-refractivity contribution in [3.05, 3.63) is 28.8 Å². The molecule has 118 valence electrons. The average molecular weight is 312 g/mol. The van der Waals surface area contributed by atoms with Gasteiger partial charge in [-0.3, -0.25) is 0 Å².